The van der Waals surface area contributed by atoms with Crippen molar-refractivity contribution in [1.29, 1.82) is 0 Å². The molecule has 9 nitrogen and oxygen atoms in total. The second-order valence-corrected chi connectivity index (χ2v) is 10.00. The summed E-state index contributed by atoms with van der Waals surface area (Å²) in [5, 5.41) is 0.584. The number of morpholine rings is 1. The van der Waals surface area contributed by atoms with E-state index in [-0.39, 0.29) is 10.8 Å². The lowest BCUT2D eigenvalue weighted by Gasteiger charge is -2.26. The van der Waals surface area contributed by atoms with Crippen LogP contribution in [0.1, 0.15) is 15.4 Å². The molecule has 4 rings (SSSR count). The molecule has 2 aromatic heterocycles. The molecule has 170 valence electrons. The lowest BCUT2D eigenvalue weighted by molar-refractivity contribution is 0.0305. The van der Waals surface area contributed by atoms with Crippen LogP contribution in [-0.2, 0) is 21.8 Å². The first-order valence-electron chi connectivity index (χ1n) is 9.97. The van der Waals surface area contributed by atoms with E-state index in [9.17, 15) is 13.2 Å². The van der Waals surface area contributed by atoms with E-state index in [2.05, 4.69) is 9.71 Å². The molecule has 1 saturated heterocycles. The van der Waals surface area contributed by atoms with Crippen LogP contribution < -0.4 is 9.46 Å². The van der Waals surface area contributed by atoms with E-state index in [0.717, 1.165) is 0 Å². The highest BCUT2D eigenvalue weighted by molar-refractivity contribution is 7.92. The number of thiazole rings is 1. The Morgan fingerprint density at radius 3 is 2.69 bits per heavy atom. The number of carbonyl (C=O) groups is 1. The fourth-order valence-corrected chi connectivity index (χ4v) is 5.67. The zero-order valence-electron chi connectivity index (χ0n) is 18.0. The number of anilines is 1. The van der Waals surface area contributed by atoms with Gasteiger partial charge in [0.2, 0.25) is 0 Å². The summed E-state index contributed by atoms with van der Waals surface area (Å²) in [6.45, 7) is 3.93. The highest BCUT2D eigenvalue weighted by Gasteiger charge is 2.26. The number of para-hydroxylation sites is 2. The lowest BCUT2D eigenvalue weighted by atomic mass is 10.3. The Kier molecular flexibility index (Phi) is 6.22. The van der Waals surface area contributed by atoms with E-state index in [1.54, 1.807) is 53.8 Å². The van der Waals surface area contributed by atoms with Crippen molar-refractivity contribution in [2.45, 2.75) is 11.8 Å². The minimum atomic E-state index is -3.86. The highest BCUT2D eigenvalue weighted by atomic mass is 32.2. The molecule has 3 aromatic rings. The van der Waals surface area contributed by atoms with Crippen LogP contribution in [0.2, 0.25) is 0 Å². The second kappa shape index (κ2) is 8.93. The maximum atomic E-state index is 13.0. The van der Waals surface area contributed by atoms with Crippen LogP contribution in [0.5, 0.6) is 5.75 Å². The van der Waals surface area contributed by atoms with E-state index in [0.29, 0.717) is 59.0 Å². The van der Waals surface area contributed by atoms with Crippen molar-refractivity contribution in [2.75, 3.05) is 38.1 Å². The maximum Gasteiger partial charge on any atom is 0.266 e. The van der Waals surface area contributed by atoms with Crippen molar-refractivity contribution in [3.05, 3.63) is 47.1 Å². The number of carbonyl (C=O) groups excluding carboxylic acids is 1. The van der Waals surface area contributed by atoms with Crippen LogP contribution in [0, 0.1) is 6.92 Å². The minimum Gasteiger partial charge on any atom is -0.495 e. The number of sulfonamides is 1. The minimum absolute atomic E-state index is 0.0746. The van der Waals surface area contributed by atoms with Crippen LogP contribution in [0.4, 0.5) is 5.69 Å². The predicted octanol–water partition coefficient (Wildman–Crippen LogP) is 2.74. The number of methoxy groups -OCH3 is 1. The molecule has 0 aliphatic carbocycles. The number of hydrogen-bond donors (Lipinski definition) is 1. The summed E-state index contributed by atoms with van der Waals surface area (Å²) < 4.78 is 40.8. The van der Waals surface area contributed by atoms with Crippen molar-refractivity contribution < 1.29 is 22.7 Å². The number of ether oxygens (including phenoxy) is 2. The fourth-order valence-electron chi connectivity index (χ4n) is 3.44. The summed E-state index contributed by atoms with van der Waals surface area (Å²) in [4.78, 5) is 19.8. The van der Waals surface area contributed by atoms with Crippen molar-refractivity contribution in [3.63, 3.8) is 0 Å². The number of nitrogens with zero attached hydrogens (tertiary/aromatic N) is 3. The van der Waals surface area contributed by atoms with E-state index in [4.69, 9.17) is 9.47 Å². The van der Waals surface area contributed by atoms with Gasteiger partial charge in [0.15, 0.2) is 0 Å². The van der Waals surface area contributed by atoms with Crippen LogP contribution >= 0.6 is 11.3 Å². The fraction of sp³-hybridized carbons (Fsp3) is 0.333. The molecule has 0 spiro atoms. The number of aromatic nitrogens is 2. The largest absolute Gasteiger partial charge is 0.495 e. The van der Waals surface area contributed by atoms with Gasteiger partial charge in [0, 0.05) is 26.3 Å². The van der Waals surface area contributed by atoms with Gasteiger partial charge in [0.25, 0.3) is 15.9 Å². The molecular formula is C21H24N4O5S2. The van der Waals surface area contributed by atoms with Crippen LogP contribution in [-0.4, -0.2) is 62.2 Å². The summed E-state index contributed by atoms with van der Waals surface area (Å²) >= 11 is 1.26. The number of benzene rings is 1. The molecule has 1 fully saturated rings. The van der Waals surface area contributed by atoms with Gasteiger partial charge < -0.3 is 18.9 Å². The van der Waals surface area contributed by atoms with E-state index < -0.39 is 10.0 Å². The van der Waals surface area contributed by atoms with Crippen molar-refractivity contribution in [2.24, 2.45) is 7.05 Å². The molecule has 0 atom stereocenters. The molecule has 1 aliphatic heterocycles. The average molecular weight is 477 g/mol. The third-order valence-electron chi connectivity index (χ3n) is 5.15. The number of hydrogen-bond acceptors (Lipinski definition) is 7. The summed E-state index contributed by atoms with van der Waals surface area (Å²) in [6, 6.07) is 8.35. The third-order valence-corrected chi connectivity index (χ3v) is 7.65. The van der Waals surface area contributed by atoms with Crippen molar-refractivity contribution in [3.8, 4) is 16.5 Å². The number of aryl methyl sites for hydroxylation is 2. The Bertz CT molecular complexity index is 1240. The van der Waals surface area contributed by atoms with Gasteiger partial charge in [-0.2, -0.15) is 0 Å². The van der Waals surface area contributed by atoms with Gasteiger partial charge in [-0.15, -0.1) is 11.3 Å². The predicted molar refractivity (Wildman–Crippen MR) is 122 cm³/mol. The van der Waals surface area contributed by atoms with Crippen molar-refractivity contribution >= 4 is 33.0 Å². The Morgan fingerprint density at radius 1 is 1.25 bits per heavy atom. The lowest BCUT2D eigenvalue weighted by Crippen LogP contribution is -2.40. The molecule has 1 N–H and O–H groups in total. The Labute approximate surface area is 190 Å². The zero-order valence-corrected chi connectivity index (χ0v) is 19.6. The van der Waals surface area contributed by atoms with E-state index in [1.165, 1.54) is 24.6 Å². The monoisotopic (exact) mass is 476 g/mol. The standard InChI is InChI=1S/C21H24N4O5S2/c1-14-19(21(26)25-8-10-30-11-9-25)31-20(22-14)17-12-15(13-24(17)2)32(27,28)23-16-6-4-5-7-18(16)29-3/h4-7,12-13,23H,8-11H2,1-3H3. The van der Waals surface area contributed by atoms with Gasteiger partial charge in [0.1, 0.15) is 20.5 Å². The highest BCUT2D eigenvalue weighted by Crippen LogP contribution is 2.32. The molecule has 1 aliphatic rings. The van der Waals surface area contributed by atoms with Gasteiger partial charge in [-0.25, -0.2) is 13.4 Å². The zero-order chi connectivity index (χ0) is 22.9. The number of nitrogens with one attached hydrogen (secondary N) is 1. The molecule has 1 aromatic carbocycles. The van der Waals surface area contributed by atoms with Crippen LogP contribution in [0.3, 0.4) is 0 Å². The SMILES string of the molecule is COc1ccccc1NS(=O)(=O)c1cc(-c2nc(C)c(C(=O)N3CCOCC3)s2)n(C)c1. The first kappa shape index (κ1) is 22.3. The molecule has 11 heteroatoms. The van der Waals surface area contributed by atoms with Crippen LogP contribution in [0.25, 0.3) is 10.7 Å². The molecule has 3 heterocycles. The van der Waals surface area contributed by atoms with Gasteiger partial charge in [0.05, 0.1) is 37.4 Å². The van der Waals surface area contributed by atoms with Crippen LogP contribution in [0.15, 0.2) is 41.4 Å². The number of amides is 1. The molecule has 0 unspecified atom stereocenters. The quantitative estimate of drug-likeness (QED) is 0.587. The first-order chi connectivity index (χ1) is 15.3. The summed E-state index contributed by atoms with van der Waals surface area (Å²) in [6.07, 6.45) is 1.52. The Balaban J connectivity index is 1.62. The Hall–Kier alpha value is -2.89. The smallest absolute Gasteiger partial charge is 0.266 e. The van der Waals surface area contributed by atoms with Gasteiger partial charge in [-0.1, -0.05) is 12.1 Å². The summed E-state index contributed by atoms with van der Waals surface area (Å²) in [5.41, 5.74) is 1.59. The van der Waals surface area contributed by atoms with E-state index >= 15 is 0 Å². The molecule has 0 saturated carbocycles. The molecule has 1 amide bonds. The summed E-state index contributed by atoms with van der Waals surface area (Å²) in [5.74, 6) is 0.350. The third kappa shape index (κ3) is 4.36. The second-order valence-electron chi connectivity index (χ2n) is 7.32. The van der Waals surface area contributed by atoms with E-state index in [1.807, 2.05) is 0 Å². The maximum absolute atomic E-state index is 13.0. The Morgan fingerprint density at radius 2 is 1.97 bits per heavy atom. The summed E-state index contributed by atoms with van der Waals surface area (Å²) in [7, 11) is -0.627. The van der Waals surface area contributed by atoms with Crippen molar-refractivity contribution in [1.82, 2.24) is 14.5 Å². The van der Waals surface area contributed by atoms with Gasteiger partial charge in [-0.3, -0.25) is 9.52 Å². The van der Waals surface area contributed by atoms with Gasteiger partial charge >= 0.3 is 0 Å². The molecule has 0 radical (unpaired) electrons. The molecule has 32 heavy (non-hydrogen) atoms. The molecule has 0 bridgehead atoms. The topological polar surface area (TPSA) is 103 Å². The normalized spacial score (nSPS) is 14.4. The van der Waals surface area contributed by atoms with Gasteiger partial charge in [-0.05, 0) is 25.1 Å². The average Bonchev–Trinajstić information content (AvgIpc) is 3.37. The number of rotatable bonds is 6. The molecular weight excluding hydrogens is 452 g/mol. The first-order valence-corrected chi connectivity index (χ1v) is 12.3.